The molecule has 0 spiro atoms. The lowest BCUT2D eigenvalue weighted by Crippen LogP contribution is -2.25. The fourth-order valence-corrected chi connectivity index (χ4v) is 2.48. The van der Waals surface area contributed by atoms with Crippen LogP contribution in [0.2, 0.25) is 0 Å². The molecule has 1 aromatic carbocycles. The third kappa shape index (κ3) is 4.03. The van der Waals surface area contributed by atoms with E-state index in [-0.39, 0.29) is 18.0 Å². The Labute approximate surface area is 149 Å². The van der Waals surface area contributed by atoms with Gasteiger partial charge in [0.25, 0.3) is 5.78 Å². The Morgan fingerprint density at radius 2 is 1.80 bits per heavy atom. The Kier molecular flexibility index (Phi) is 5.87. The average molecular weight is 362 g/mol. The molecular formula is C17H18N2O5S. The molecule has 0 aliphatic heterocycles. The second-order valence-electron chi connectivity index (χ2n) is 5.13. The van der Waals surface area contributed by atoms with Gasteiger partial charge in [0, 0.05) is 6.20 Å². The molecular weight excluding hydrogens is 344 g/mol. The number of nitrogens with one attached hydrogen (secondary N) is 1. The summed E-state index contributed by atoms with van der Waals surface area (Å²) < 4.78 is 11.3. The van der Waals surface area contributed by atoms with Crippen molar-refractivity contribution in [2.24, 2.45) is 0 Å². The summed E-state index contributed by atoms with van der Waals surface area (Å²) in [4.78, 5) is 39.2. The number of aromatic amines is 1. The number of ether oxygens (including phenoxy) is 2. The number of carbonyl (C=O) groups excluding carboxylic acids is 3. The summed E-state index contributed by atoms with van der Waals surface area (Å²) >= 11 is 5.25. The first-order chi connectivity index (χ1) is 11.9. The number of ketones is 1. The van der Waals surface area contributed by atoms with Crippen LogP contribution < -0.4 is 0 Å². The Balaban J connectivity index is 2.59. The normalized spacial score (nSPS) is 11.4. The number of imidazole rings is 1. The number of esters is 2. The van der Waals surface area contributed by atoms with Crippen LogP contribution >= 0.6 is 12.2 Å². The van der Waals surface area contributed by atoms with Crippen molar-refractivity contribution >= 4 is 47.2 Å². The molecule has 7 nitrogen and oxygen atoms in total. The topological polar surface area (TPSA) is 90.4 Å². The summed E-state index contributed by atoms with van der Waals surface area (Å²) in [6, 6.07) is 5.55. The monoisotopic (exact) mass is 362 g/mol. The van der Waals surface area contributed by atoms with Crippen molar-refractivity contribution in [1.29, 1.82) is 0 Å². The van der Waals surface area contributed by atoms with Gasteiger partial charge < -0.3 is 14.5 Å². The van der Waals surface area contributed by atoms with E-state index in [1.54, 1.807) is 19.9 Å². The fourth-order valence-electron chi connectivity index (χ4n) is 2.22. The molecule has 0 atom stereocenters. The number of hydrogen-bond acceptors (Lipinski definition) is 6. The predicted molar refractivity (Wildman–Crippen MR) is 94.4 cm³/mol. The third-order valence-electron chi connectivity index (χ3n) is 3.33. The molecule has 1 N–H and O–H groups in total. The molecule has 2 rings (SSSR count). The zero-order valence-electron chi connectivity index (χ0n) is 14.1. The molecule has 0 unspecified atom stereocenters. The number of aromatic nitrogens is 2. The second kappa shape index (κ2) is 7.89. The van der Waals surface area contributed by atoms with Crippen LogP contribution in [0.25, 0.3) is 17.2 Å². The summed E-state index contributed by atoms with van der Waals surface area (Å²) in [6.45, 7) is 5.18. The highest BCUT2D eigenvalue weighted by atomic mass is 32.1. The number of H-pyrrole nitrogens is 1. The lowest BCUT2D eigenvalue weighted by atomic mass is 10.2. The minimum Gasteiger partial charge on any atom is -0.462 e. The van der Waals surface area contributed by atoms with Gasteiger partial charge in [-0.25, -0.2) is 9.59 Å². The van der Waals surface area contributed by atoms with Gasteiger partial charge in [-0.05, 0) is 50.7 Å². The Hall–Kier alpha value is -2.74. The van der Waals surface area contributed by atoms with Crippen LogP contribution in [0.5, 0.6) is 0 Å². The van der Waals surface area contributed by atoms with Gasteiger partial charge in [0.2, 0.25) is 0 Å². The molecule has 0 aliphatic carbocycles. The number of Topliss-reactive ketones (excluding diaryl/α,β-unsaturated/α-hetero) is 1. The smallest absolute Gasteiger partial charge is 0.380 e. The number of nitrogens with zero attached hydrogens (tertiary/aromatic N) is 1. The van der Waals surface area contributed by atoms with E-state index in [9.17, 15) is 14.4 Å². The van der Waals surface area contributed by atoms with E-state index in [0.717, 1.165) is 11.1 Å². The van der Waals surface area contributed by atoms with Gasteiger partial charge in [0.15, 0.2) is 4.77 Å². The van der Waals surface area contributed by atoms with E-state index >= 15 is 0 Å². The number of rotatable bonds is 6. The summed E-state index contributed by atoms with van der Waals surface area (Å²) in [5.41, 5.74) is 1.98. The van der Waals surface area contributed by atoms with E-state index in [4.69, 9.17) is 17.0 Å². The van der Waals surface area contributed by atoms with Crippen molar-refractivity contribution in [2.45, 2.75) is 20.8 Å². The van der Waals surface area contributed by atoms with Crippen molar-refractivity contribution in [3.05, 3.63) is 34.1 Å². The van der Waals surface area contributed by atoms with Crippen molar-refractivity contribution < 1.29 is 23.9 Å². The van der Waals surface area contributed by atoms with Crippen LogP contribution in [0.1, 0.15) is 19.4 Å². The molecule has 132 valence electrons. The Morgan fingerprint density at radius 3 is 2.44 bits per heavy atom. The van der Waals surface area contributed by atoms with Gasteiger partial charge in [0.1, 0.15) is 5.57 Å². The highest BCUT2D eigenvalue weighted by molar-refractivity contribution is 7.71. The Bertz CT molecular complexity index is 923. The maximum Gasteiger partial charge on any atom is 0.380 e. The molecule has 8 heteroatoms. The number of fused-ring (bicyclic) bond motifs is 1. The maximum atomic E-state index is 12.3. The predicted octanol–water partition coefficient (Wildman–Crippen LogP) is 2.54. The average Bonchev–Trinajstić information content (AvgIpc) is 2.86. The van der Waals surface area contributed by atoms with Crippen molar-refractivity contribution in [1.82, 2.24) is 9.55 Å². The second-order valence-corrected chi connectivity index (χ2v) is 5.52. The number of hydrogen-bond donors (Lipinski definition) is 1. The van der Waals surface area contributed by atoms with Crippen LogP contribution in [0.4, 0.5) is 0 Å². The SMILES string of the molecule is CCOC(=O)C(=O)/C(=C\n1c(=S)[nH]c2cc(C)ccc21)C(=O)OCC. The lowest BCUT2D eigenvalue weighted by Gasteiger charge is -2.07. The minimum absolute atomic E-state index is 0.0203. The van der Waals surface area contributed by atoms with Crippen LogP contribution in [0, 0.1) is 11.7 Å². The van der Waals surface area contributed by atoms with Crippen LogP contribution in [-0.4, -0.2) is 40.5 Å². The molecule has 25 heavy (non-hydrogen) atoms. The number of aryl methyl sites for hydroxylation is 1. The first-order valence-corrected chi connectivity index (χ1v) is 8.11. The van der Waals surface area contributed by atoms with E-state index in [2.05, 4.69) is 9.72 Å². The number of benzene rings is 1. The molecule has 1 heterocycles. The lowest BCUT2D eigenvalue weighted by molar-refractivity contribution is -0.153. The first kappa shape index (κ1) is 18.6. The van der Waals surface area contributed by atoms with Gasteiger partial charge in [-0.15, -0.1) is 0 Å². The molecule has 0 bridgehead atoms. The van der Waals surface area contributed by atoms with Gasteiger partial charge in [-0.1, -0.05) is 6.07 Å². The van der Waals surface area contributed by atoms with E-state index in [1.807, 2.05) is 19.1 Å². The third-order valence-corrected chi connectivity index (χ3v) is 3.63. The number of carbonyl (C=O) groups is 3. The summed E-state index contributed by atoms with van der Waals surface area (Å²) in [6.07, 6.45) is 1.20. The van der Waals surface area contributed by atoms with Gasteiger partial charge in [-0.3, -0.25) is 9.36 Å². The van der Waals surface area contributed by atoms with Gasteiger partial charge in [0.05, 0.1) is 24.2 Å². The molecule has 0 saturated heterocycles. The highest BCUT2D eigenvalue weighted by Gasteiger charge is 2.28. The van der Waals surface area contributed by atoms with Gasteiger partial charge >= 0.3 is 11.9 Å². The van der Waals surface area contributed by atoms with E-state index in [1.165, 1.54) is 10.8 Å². The molecule has 1 aromatic heterocycles. The van der Waals surface area contributed by atoms with Crippen LogP contribution in [0.3, 0.4) is 0 Å². The standard InChI is InChI=1S/C17H18N2O5S/c1-4-23-15(21)11(14(20)16(22)24-5-2)9-19-13-7-6-10(3)8-12(13)18-17(19)25/h6-9H,4-5H2,1-3H3,(H,18,25)/b11-9+. The van der Waals surface area contributed by atoms with Crippen LogP contribution in [0.15, 0.2) is 23.8 Å². The highest BCUT2D eigenvalue weighted by Crippen LogP contribution is 2.18. The van der Waals surface area contributed by atoms with Crippen LogP contribution in [-0.2, 0) is 23.9 Å². The molecule has 0 aliphatic rings. The quantitative estimate of drug-likeness (QED) is 0.212. The molecule has 0 saturated carbocycles. The molecule has 0 amide bonds. The minimum atomic E-state index is -1.12. The van der Waals surface area contributed by atoms with E-state index in [0.29, 0.717) is 5.52 Å². The molecule has 0 radical (unpaired) electrons. The fraction of sp³-hybridized carbons (Fsp3) is 0.294. The first-order valence-electron chi connectivity index (χ1n) is 7.70. The van der Waals surface area contributed by atoms with Crippen molar-refractivity contribution in [2.75, 3.05) is 13.2 Å². The molecule has 2 aromatic rings. The summed E-state index contributed by atoms with van der Waals surface area (Å²) in [5.74, 6) is -3.11. The van der Waals surface area contributed by atoms with Crippen molar-refractivity contribution in [3.63, 3.8) is 0 Å². The zero-order chi connectivity index (χ0) is 18.6. The summed E-state index contributed by atoms with van der Waals surface area (Å²) in [7, 11) is 0. The van der Waals surface area contributed by atoms with Crippen molar-refractivity contribution in [3.8, 4) is 0 Å². The summed E-state index contributed by atoms with van der Waals surface area (Å²) in [5, 5.41) is 0. The van der Waals surface area contributed by atoms with Gasteiger partial charge in [-0.2, -0.15) is 0 Å². The zero-order valence-corrected chi connectivity index (χ0v) is 14.9. The maximum absolute atomic E-state index is 12.3. The molecule has 0 fully saturated rings. The van der Waals surface area contributed by atoms with E-state index < -0.39 is 23.3 Å². The Morgan fingerprint density at radius 1 is 1.16 bits per heavy atom. The largest absolute Gasteiger partial charge is 0.462 e.